The Bertz CT molecular complexity index is 1240. The van der Waals surface area contributed by atoms with Crippen molar-refractivity contribution in [3.8, 4) is 23.3 Å². The predicted molar refractivity (Wildman–Crippen MR) is 136 cm³/mol. The van der Waals surface area contributed by atoms with E-state index in [1.807, 2.05) is 25.1 Å². The molecule has 3 rings (SSSR count). The summed E-state index contributed by atoms with van der Waals surface area (Å²) in [7, 11) is 1.52. The standard InChI is InChI=1S/C26H22BrClN2O4/c1-3-33-22-6-4-5-21(14-22)30-26(31)19(15-29)11-18-12-23(27)25(24(13-18)32-2)34-16-17-7-9-20(28)10-8-17/h4-14H,3,16H2,1-2H3,(H,30,31)/b19-11-. The van der Waals surface area contributed by atoms with Gasteiger partial charge in [-0.15, -0.1) is 0 Å². The summed E-state index contributed by atoms with van der Waals surface area (Å²) < 4.78 is 17.5. The molecule has 8 heteroatoms. The van der Waals surface area contributed by atoms with Crippen LogP contribution in [0.2, 0.25) is 5.02 Å². The first kappa shape index (κ1) is 25.2. The van der Waals surface area contributed by atoms with Gasteiger partial charge in [-0.2, -0.15) is 5.26 Å². The monoisotopic (exact) mass is 540 g/mol. The molecule has 1 amide bonds. The summed E-state index contributed by atoms with van der Waals surface area (Å²) in [6, 6.07) is 19.7. The van der Waals surface area contributed by atoms with Crippen molar-refractivity contribution < 1.29 is 19.0 Å². The zero-order chi connectivity index (χ0) is 24.5. The fourth-order valence-electron chi connectivity index (χ4n) is 3.04. The molecule has 34 heavy (non-hydrogen) atoms. The summed E-state index contributed by atoms with van der Waals surface area (Å²) in [5, 5.41) is 12.9. The first-order valence-electron chi connectivity index (χ1n) is 10.3. The number of benzene rings is 3. The van der Waals surface area contributed by atoms with Crippen LogP contribution in [0.25, 0.3) is 6.08 Å². The number of ether oxygens (including phenoxy) is 3. The molecule has 0 saturated carbocycles. The topological polar surface area (TPSA) is 80.6 Å². The number of amides is 1. The Morgan fingerprint density at radius 2 is 1.91 bits per heavy atom. The summed E-state index contributed by atoms with van der Waals surface area (Å²) in [5.74, 6) is 1.06. The number of nitriles is 1. The van der Waals surface area contributed by atoms with E-state index in [1.54, 1.807) is 48.5 Å². The third-order valence-corrected chi connectivity index (χ3v) is 5.47. The van der Waals surface area contributed by atoms with Crippen molar-refractivity contribution in [1.82, 2.24) is 0 Å². The molecule has 6 nitrogen and oxygen atoms in total. The van der Waals surface area contributed by atoms with Gasteiger partial charge in [0.15, 0.2) is 11.5 Å². The minimum Gasteiger partial charge on any atom is -0.494 e. The summed E-state index contributed by atoms with van der Waals surface area (Å²) in [5.41, 5.74) is 2.00. The Kier molecular flexibility index (Phi) is 8.97. The lowest BCUT2D eigenvalue weighted by Crippen LogP contribution is -2.13. The molecule has 0 atom stereocenters. The number of hydrogen-bond acceptors (Lipinski definition) is 5. The Hall–Kier alpha value is -3.47. The maximum Gasteiger partial charge on any atom is 0.266 e. The molecule has 174 valence electrons. The van der Waals surface area contributed by atoms with E-state index >= 15 is 0 Å². The molecular weight excluding hydrogens is 520 g/mol. The molecule has 0 fully saturated rings. The van der Waals surface area contributed by atoms with Crippen molar-refractivity contribution >= 4 is 45.2 Å². The van der Waals surface area contributed by atoms with Gasteiger partial charge in [-0.05, 0) is 76.5 Å². The average molecular weight is 542 g/mol. The summed E-state index contributed by atoms with van der Waals surface area (Å²) in [6.45, 7) is 2.70. The van der Waals surface area contributed by atoms with Crippen LogP contribution in [-0.4, -0.2) is 19.6 Å². The second kappa shape index (κ2) is 12.1. The highest BCUT2D eigenvalue weighted by Gasteiger charge is 2.14. The van der Waals surface area contributed by atoms with Gasteiger partial charge in [-0.25, -0.2) is 0 Å². The van der Waals surface area contributed by atoms with E-state index in [4.69, 9.17) is 25.8 Å². The molecule has 3 aromatic rings. The average Bonchev–Trinajstić information content (AvgIpc) is 2.83. The third-order valence-electron chi connectivity index (χ3n) is 4.63. The first-order chi connectivity index (χ1) is 16.4. The van der Waals surface area contributed by atoms with Crippen LogP contribution >= 0.6 is 27.5 Å². The fraction of sp³-hybridized carbons (Fsp3) is 0.154. The van der Waals surface area contributed by atoms with Crippen molar-refractivity contribution in [2.75, 3.05) is 19.0 Å². The van der Waals surface area contributed by atoms with Gasteiger partial charge in [0.05, 0.1) is 18.2 Å². The SMILES string of the molecule is CCOc1cccc(NC(=O)/C(C#N)=C\c2cc(Br)c(OCc3ccc(Cl)cc3)c(OC)c2)c1. The van der Waals surface area contributed by atoms with E-state index < -0.39 is 5.91 Å². The molecule has 0 aliphatic carbocycles. The smallest absolute Gasteiger partial charge is 0.266 e. The number of nitrogens with zero attached hydrogens (tertiary/aromatic N) is 1. The Balaban J connectivity index is 1.79. The number of halogens is 2. The second-order valence-electron chi connectivity index (χ2n) is 7.03. The molecule has 0 heterocycles. The van der Waals surface area contributed by atoms with Crippen LogP contribution in [0, 0.1) is 11.3 Å². The van der Waals surface area contributed by atoms with Crippen molar-refractivity contribution in [1.29, 1.82) is 5.26 Å². The zero-order valence-corrected chi connectivity index (χ0v) is 20.9. The molecule has 0 bridgehead atoms. The third kappa shape index (κ3) is 6.77. The number of carbonyl (C=O) groups excluding carboxylic acids is 1. The minimum atomic E-state index is -0.533. The molecular formula is C26H22BrClN2O4. The summed E-state index contributed by atoms with van der Waals surface area (Å²) in [6.07, 6.45) is 1.48. The highest BCUT2D eigenvalue weighted by Crippen LogP contribution is 2.38. The van der Waals surface area contributed by atoms with Crippen molar-refractivity contribution in [3.05, 3.63) is 86.9 Å². The van der Waals surface area contributed by atoms with E-state index in [2.05, 4.69) is 21.2 Å². The summed E-state index contributed by atoms with van der Waals surface area (Å²) in [4.78, 5) is 12.7. The Morgan fingerprint density at radius 3 is 2.59 bits per heavy atom. The number of anilines is 1. The highest BCUT2D eigenvalue weighted by molar-refractivity contribution is 9.10. The van der Waals surface area contributed by atoms with Gasteiger partial charge in [0.2, 0.25) is 0 Å². The van der Waals surface area contributed by atoms with Gasteiger partial charge in [-0.1, -0.05) is 29.8 Å². The first-order valence-corrected chi connectivity index (χ1v) is 11.5. The van der Waals surface area contributed by atoms with Gasteiger partial charge in [-0.3, -0.25) is 4.79 Å². The van der Waals surface area contributed by atoms with E-state index in [0.717, 1.165) is 5.56 Å². The zero-order valence-electron chi connectivity index (χ0n) is 18.6. The quantitative estimate of drug-likeness (QED) is 0.243. The molecule has 0 radical (unpaired) electrons. The molecule has 0 spiro atoms. The highest BCUT2D eigenvalue weighted by atomic mass is 79.9. The molecule has 0 unspecified atom stereocenters. The second-order valence-corrected chi connectivity index (χ2v) is 8.32. The van der Waals surface area contributed by atoms with Crippen LogP contribution in [0.5, 0.6) is 17.2 Å². The van der Waals surface area contributed by atoms with Crippen LogP contribution < -0.4 is 19.5 Å². The largest absolute Gasteiger partial charge is 0.494 e. The molecule has 3 aromatic carbocycles. The number of carbonyl (C=O) groups is 1. The maximum atomic E-state index is 12.7. The lowest BCUT2D eigenvalue weighted by Gasteiger charge is -2.14. The van der Waals surface area contributed by atoms with E-state index in [9.17, 15) is 10.1 Å². The normalized spacial score (nSPS) is 10.9. The molecule has 0 aromatic heterocycles. The van der Waals surface area contributed by atoms with Crippen molar-refractivity contribution in [2.24, 2.45) is 0 Å². The van der Waals surface area contributed by atoms with Crippen LogP contribution in [0.4, 0.5) is 5.69 Å². The van der Waals surface area contributed by atoms with Gasteiger partial charge in [0.25, 0.3) is 5.91 Å². The van der Waals surface area contributed by atoms with E-state index in [1.165, 1.54) is 13.2 Å². The lowest BCUT2D eigenvalue weighted by molar-refractivity contribution is -0.112. The van der Waals surface area contributed by atoms with Crippen LogP contribution in [-0.2, 0) is 11.4 Å². The number of hydrogen-bond donors (Lipinski definition) is 1. The number of nitrogens with one attached hydrogen (secondary N) is 1. The summed E-state index contributed by atoms with van der Waals surface area (Å²) >= 11 is 9.43. The Morgan fingerprint density at radius 1 is 1.15 bits per heavy atom. The van der Waals surface area contributed by atoms with Gasteiger partial charge >= 0.3 is 0 Å². The van der Waals surface area contributed by atoms with E-state index in [-0.39, 0.29) is 5.57 Å². The predicted octanol–water partition coefficient (Wildman–Crippen LogP) is 6.63. The van der Waals surface area contributed by atoms with Crippen LogP contribution in [0.1, 0.15) is 18.1 Å². The lowest BCUT2D eigenvalue weighted by atomic mass is 10.1. The van der Waals surface area contributed by atoms with Crippen molar-refractivity contribution in [3.63, 3.8) is 0 Å². The number of rotatable bonds is 9. The minimum absolute atomic E-state index is 0.0643. The van der Waals surface area contributed by atoms with Gasteiger partial charge in [0.1, 0.15) is 24.0 Å². The number of methoxy groups -OCH3 is 1. The maximum absolute atomic E-state index is 12.7. The van der Waals surface area contributed by atoms with Crippen molar-refractivity contribution in [2.45, 2.75) is 13.5 Å². The van der Waals surface area contributed by atoms with E-state index in [0.29, 0.717) is 51.2 Å². The molecule has 0 aliphatic heterocycles. The molecule has 0 saturated heterocycles. The fourth-order valence-corrected chi connectivity index (χ4v) is 3.74. The molecule has 0 aliphatic rings. The molecule has 1 N–H and O–H groups in total. The van der Waals surface area contributed by atoms with Gasteiger partial charge in [0, 0.05) is 16.8 Å². The Labute approximate surface area is 211 Å². The van der Waals surface area contributed by atoms with Crippen LogP contribution in [0.3, 0.4) is 0 Å². The van der Waals surface area contributed by atoms with Gasteiger partial charge < -0.3 is 19.5 Å². The van der Waals surface area contributed by atoms with Crippen LogP contribution in [0.15, 0.2) is 70.7 Å².